The second-order valence-electron chi connectivity index (χ2n) is 15.4. The monoisotopic (exact) mass is 697 g/mol. The van der Waals surface area contributed by atoms with Crippen LogP contribution < -0.4 is 0 Å². The van der Waals surface area contributed by atoms with Crippen LogP contribution in [0.1, 0.15) is 176 Å². The normalized spacial score (nSPS) is 16.5. The van der Waals surface area contributed by atoms with E-state index in [2.05, 4.69) is 18.7 Å². The number of carbonyl (C=O) groups is 3. The molecule has 9 heteroatoms. The van der Waals surface area contributed by atoms with Crippen LogP contribution in [0.5, 0.6) is 0 Å². The summed E-state index contributed by atoms with van der Waals surface area (Å²) in [6.45, 7) is 12.1. The van der Waals surface area contributed by atoms with E-state index in [1.165, 1.54) is 69.1 Å². The summed E-state index contributed by atoms with van der Waals surface area (Å²) in [5.41, 5.74) is -0.657. The van der Waals surface area contributed by atoms with Crippen molar-refractivity contribution < 1.29 is 33.3 Å². The summed E-state index contributed by atoms with van der Waals surface area (Å²) in [5.74, 6) is -0.452. The number of carbonyl (C=O) groups excluding carboxylic acids is 3. The van der Waals surface area contributed by atoms with Gasteiger partial charge < -0.3 is 23.8 Å². The SMILES string of the molecule is CCCCCCCCC(CCCCCCCC)OC(=O)CCCCCCCOC(=O)[C@@H]1CC(OCCCN(C)C)CN1C(=O)OC(C)(C)C. The van der Waals surface area contributed by atoms with Crippen molar-refractivity contribution in [2.24, 2.45) is 0 Å². The van der Waals surface area contributed by atoms with Gasteiger partial charge in [0, 0.05) is 19.4 Å². The van der Waals surface area contributed by atoms with E-state index in [4.69, 9.17) is 18.9 Å². The second-order valence-corrected chi connectivity index (χ2v) is 15.4. The zero-order valence-electron chi connectivity index (χ0n) is 32.9. The van der Waals surface area contributed by atoms with Crippen LogP contribution in [0.4, 0.5) is 4.79 Å². The number of likely N-dealkylation sites (tertiary alicyclic amines) is 1. The lowest BCUT2D eigenvalue weighted by Gasteiger charge is -2.27. The van der Waals surface area contributed by atoms with Crippen LogP contribution in [0.2, 0.25) is 0 Å². The minimum absolute atomic E-state index is 0.0537. The molecule has 0 aliphatic carbocycles. The predicted molar refractivity (Wildman–Crippen MR) is 199 cm³/mol. The van der Waals surface area contributed by atoms with Gasteiger partial charge in [-0.1, -0.05) is 97.3 Å². The van der Waals surface area contributed by atoms with E-state index in [1.54, 1.807) is 0 Å². The Labute approximate surface area is 300 Å². The maximum Gasteiger partial charge on any atom is 0.411 e. The minimum atomic E-state index is -0.703. The van der Waals surface area contributed by atoms with E-state index in [0.29, 0.717) is 32.6 Å². The molecule has 1 fully saturated rings. The van der Waals surface area contributed by atoms with Gasteiger partial charge in [0.1, 0.15) is 17.7 Å². The Balaban J connectivity index is 2.36. The summed E-state index contributed by atoms with van der Waals surface area (Å²) >= 11 is 0. The maximum absolute atomic E-state index is 13.1. The van der Waals surface area contributed by atoms with Crippen molar-refractivity contribution in [1.29, 1.82) is 0 Å². The molecule has 1 saturated heterocycles. The molecule has 288 valence electrons. The van der Waals surface area contributed by atoms with Crippen molar-refractivity contribution in [3.8, 4) is 0 Å². The first kappa shape index (κ1) is 45.2. The smallest absolute Gasteiger partial charge is 0.411 e. The molecule has 0 saturated carbocycles. The zero-order chi connectivity index (χ0) is 36.3. The van der Waals surface area contributed by atoms with Crippen LogP contribution in [-0.4, -0.2) is 92.1 Å². The van der Waals surface area contributed by atoms with Crippen molar-refractivity contribution >= 4 is 18.0 Å². The van der Waals surface area contributed by atoms with Gasteiger partial charge in [-0.15, -0.1) is 0 Å². The fraction of sp³-hybridized carbons (Fsp3) is 0.925. The van der Waals surface area contributed by atoms with E-state index in [-0.39, 0.29) is 18.2 Å². The zero-order valence-corrected chi connectivity index (χ0v) is 32.9. The molecule has 0 aromatic heterocycles. The van der Waals surface area contributed by atoms with Gasteiger partial charge >= 0.3 is 18.0 Å². The molecule has 1 amide bonds. The number of hydrogen-bond acceptors (Lipinski definition) is 8. The number of amides is 1. The third-order valence-corrected chi connectivity index (χ3v) is 9.09. The summed E-state index contributed by atoms with van der Waals surface area (Å²) in [7, 11) is 4.04. The number of unbranched alkanes of at least 4 members (excludes halogenated alkanes) is 14. The molecule has 1 heterocycles. The summed E-state index contributed by atoms with van der Waals surface area (Å²) in [6.07, 6.45) is 22.6. The number of esters is 2. The Morgan fingerprint density at radius 2 is 1.29 bits per heavy atom. The molecule has 9 nitrogen and oxygen atoms in total. The molecule has 0 aromatic rings. The lowest BCUT2D eigenvalue weighted by molar-refractivity contribution is -0.150. The van der Waals surface area contributed by atoms with Crippen molar-refractivity contribution in [1.82, 2.24) is 9.80 Å². The first-order valence-corrected chi connectivity index (χ1v) is 20.1. The Kier molecular flexibility index (Phi) is 25.6. The van der Waals surface area contributed by atoms with Crippen LogP contribution in [0.3, 0.4) is 0 Å². The molecule has 1 unspecified atom stereocenters. The quantitative estimate of drug-likeness (QED) is 0.0434. The first-order chi connectivity index (χ1) is 23.5. The van der Waals surface area contributed by atoms with Gasteiger partial charge in [-0.05, 0) is 86.4 Å². The van der Waals surface area contributed by atoms with Crippen LogP contribution in [0, 0.1) is 0 Å². The molecule has 1 rings (SSSR count). The highest BCUT2D eigenvalue weighted by molar-refractivity contribution is 5.82. The van der Waals surface area contributed by atoms with Gasteiger partial charge in [0.2, 0.25) is 0 Å². The number of nitrogens with zero attached hydrogens (tertiary/aromatic N) is 2. The van der Waals surface area contributed by atoms with Crippen molar-refractivity contribution in [3.63, 3.8) is 0 Å². The Morgan fingerprint density at radius 1 is 0.735 bits per heavy atom. The van der Waals surface area contributed by atoms with Gasteiger partial charge in [-0.2, -0.15) is 0 Å². The largest absolute Gasteiger partial charge is 0.464 e. The molecule has 0 N–H and O–H groups in total. The molecule has 0 radical (unpaired) electrons. The van der Waals surface area contributed by atoms with Crippen LogP contribution in [0.15, 0.2) is 0 Å². The topological polar surface area (TPSA) is 94.6 Å². The van der Waals surface area contributed by atoms with Gasteiger partial charge in [0.05, 0.1) is 19.3 Å². The van der Waals surface area contributed by atoms with Crippen molar-refractivity contribution in [2.75, 3.05) is 40.4 Å². The minimum Gasteiger partial charge on any atom is -0.464 e. The van der Waals surface area contributed by atoms with E-state index < -0.39 is 23.7 Å². The molecule has 1 aliphatic rings. The van der Waals surface area contributed by atoms with E-state index in [9.17, 15) is 14.4 Å². The third-order valence-electron chi connectivity index (χ3n) is 9.09. The molecule has 2 atom stereocenters. The molecule has 0 aromatic carbocycles. The second kappa shape index (κ2) is 27.8. The Hall–Kier alpha value is -1.87. The summed E-state index contributed by atoms with van der Waals surface area (Å²) < 4.78 is 23.2. The van der Waals surface area contributed by atoms with Crippen LogP contribution in [0.25, 0.3) is 0 Å². The van der Waals surface area contributed by atoms with Gasteiger partial charge in [0.25, 0.3) is 0 Å². The first-order valence-electron chi connectivity index (χ1n) is 20.1. The molecule has 0 bridgehead atoms. The molecule has 0 spiro atoms. The van der Waals surface area contributed by atoms with Crippen molar-refractivity contribution in [2.45, 2.75) is 200 Å². The fourth-order valence-electron chi connectivity index (χ4n) is 6.28. The van der Waals surface area contributed by atoms with Crippen LogP contribution in [-0.2, 0) is 28.5 Å². The average molecular weight is 697 g/mol. The number of hydrogen-bond donors (Lipinski definition) is 0. The summed E-state index contributed by atoms with van der Waals surface area (Å²) in [5, 5.41) is 0. The number of ether oxygens (including phenoxy) is 4. The standard InChI is InChI=1S/C40H76N2O7/c1-8-10-12-14-17-21-26-34(27-22-18-15-13-11-9-2)48-37(43)28-23-19-16-20-24-30-47-38(44)36-32-35(46-31-25-29-41(6)7)33-42(36)39(45)49-40(3,4)5/h34-36H,8-33H2,1-7H3/t35?,36-/m0/s1. The van der Waals surface area contributed by atoms with Gasteiger partial charge in [-0.3, -0.25) is 9.69 Å². The number of rotatable bonds is 29. The molecular weight excluding hydrogens is 620 g/mol. The third kappa shape index (κ3) is 24.0. The molecule has 49 heavy (non-hydrogen) atoms. The maximum atomic E-state index is 13.1. The average Bonchev–Trinajstić information content (AvgIpc) is 3.47. The van der Waals surface area contributed by atoms with Crippen LogP contribution >= 0.6 is 0 Å². The highest BCUT2D eigenvalue weighted by Crippen LogP contribution is 2.25. The molecule has 1 aliphatic heterocycles. The highest BCUT2D eigenvalue weighted by atomic mass is 16.6. The fourth-order valence-corrected chi connectivity index (χ4v) is 6.28. The van der Waals surface area contributed by atoms with Crippen molar-refractivity contribution in [3.05, 3.63) is 0 Å². The van der Waals surface area contributed by atoms with Gasteiger partial charge in [0.15, 0.2) is 0 Å². The predicted octanol–water partition coefficient (Wildman–Crippen LogP) is 9.63. The Morgan fingerprint density at radius 3 is 1.86 bits per heavy atom. The van der Waals surface area contributed by atoms with Gasteiger partial charge in [-0.25, -0.2) is 9.59 Å². The summed E-state index contributed by atoms with van der Waals surface area (Å²) in [6, 6.07) is -0.703. The lowest BCUT2D eigenvalue weighted by Crippen LogP contribution is -2.44. The molecular formula is C40H76N2O7. The lowest BCUT2D eigenvalue weighted by atomic mass is 10.0. The highest BCUT2D eigenvalue weighted by Gasteiger charge is 2.43. The van der Waals surface area contributed by atoms with E-state index in [0.717, 1.165) is 70.8 Å². The summed E-state index contributed by atoms with van der Waals surface area (Å²) in [4.78, 5) is 42.2. The van der Waals surface area contributed by atoms with E-state index >= 15 is 0 Å². The van der Waals surface area contributed by atoms with E-state index in [1.807, 2.05) is 34.9 Å². The Bertz CT molecular complexity index is 844.